The first-order valence-electron chi connectivity index (χ1n) is 2.88. The fourth-order valence-corrected chi connectivity index (χ4v) is 0.855. The Morgan fingerprint density at radius 1 is 1.50 bits per heavy atom. The third-order valence-electron chi connectivity index (χ3n) is 1.32. The van der Waals surface area contributed by atoms with Gasteiger partial charge in [-0.25, -0.2) is 9.98 Å². The van der Waals surface area contributed by atoms with Crippen molar-refractivity contribution in [2.75, 3.05) is 0 Å². The van der Waals surface area contributed by atoms with Crippen LogP contribution < -0.4 is 0 Å². The summed E-state index contributed by atoms with van der Waals surface area (Å²) in [6.07, 6.45) is 4.32. The Kier molecular flexibility index (Phi) is 1.00. The third-order valence-corrected chi connectivity index (χ3v) is 1.32. The number of halogens is 1. The van der Waals surface area contributed by atoms with Crippen molar-refractivity contribution in [3.8, 4) is 0 Å². The Balaban J connectivity index is 2.39. The summed E-state index contributed by atoms with van der Waals surface area (Å²) in [5.74, 6) is -0.0551. The summed E-state index contributed by atoms with van der Waals surface area (Å²) in [5.41, 5.74) is 0. The lowest BCUT2D eigenvalue weighted by Crippen LogP contribution is -2.15. The standard InChI is InChI=1S/C6H4FN3/c7-5-2-1-4-6(10-5)9-3-8-4/h1-4H/t4-/m0/s1. The zero-order chi connectivity index (χ0) is 6.97. The number of rotatable bonds is 0. The normalized spacial score (nSPS) is 27.9. The van der Waals surface area contributed by atoms with Crippen LogP contribution in [-0.2, 0) is 0 Å². The summed E-state index contributed by atoms with van der Waals surface area (Å²) >= 11 is 0. The van der Waals surface area contributed by atoms with Gasteiger partial charge in [0.2, 0.25) is 5.97 Å². The van der Waals surface area contributed by atoms with Crippen LogP contribution in [-0.4, -0.2) is 24.2 Å². The van der Waals surface area contributed by atoms with E-state index in [1.807, 2.05) is 0 Å². The van der Waals surface area contributed by atoms with Crippen LogP contribution in [0.5, 0.6) is 0 Å². The number of fused-ring (bicyclic) bond motifs is 1. The first-order chi connectivity index (χ1) is 4.86. The largest absolute Gasteiger partial charge is 0.258 e. The first-order valence-corrected chi connectivity index (χ1v) is 2.88. The zero-order valence-corrected chi connectivity index (χ0v) is 5.03. The molecule has 2 aliphatic rings. The number of allylic oxidation sites excluding steroid dienone is 1. The number of aliphatic imine (C=N–C) groups is 3. The van der Waals surface area contributed by atoms with Crippen LogP contribution in [0.2, 0.25) is 0 Å². The monoisotopic (exact) mass is 137 g/mol. The van der Waals surface area contributed by atoms with Gasteiger partial charge in [0, 0.05) is 0 Å². The van der Waals surface area contributed by atoms with Gasteiger partial charge in [0.15, 0.2) is 5.84 Å². The second kappa shape index (κ2) is 1.83. The van der Waals surface area contributed by atoms with E-state index in [1.165, 1.54) is 12.4 Å². The summed E-state index contributed by atoms with van der Waals surface area (Å²) in [6, 6.07) is -0.139. The molecule has 2 rings (SSSR count). The lowest BCUT2D eigenvalue weighted by atomic mass is 10.2. The number of hydrogen-bond donors (Lipinski definition) is 0. The zero-order valence-electron chi connectivity index (χ0n) is 5.03. The molecule has 2 heterocycles. The van der Waals surface area contributed by atoms with E-state index in [-0.39, 0.29) is 6.04 Å². The molecule has 0 N–H and O–H groups in total. The fourth-order valence-electron chi connectivity index (χ4n) is 0.855. The van der Waals surface area contributed by atoms with Crippen molar-refractivity contribution in [2.45, 2.75) is 6.04 Å². The molecular formula is C6H4FN3. The van der Waals surface area contributed by atoms with Gasteiger partial charge in [0.05, 0.1) is 0 Å². The minimum atomic E-state index is -0.500. The third kappa shape index (κ3) is 0.689. The molecular weight excluding hydrogens is 133 g/mol. The van der Waals surface area contributed by atoms with Crippen LogP contribution in [0.3, 0.4) is 0 Å². The predicted molar refractivity (Wildman–Crippen MR) is 37.4 cm³/mol. The number of dihydropyridines is 1. The second-order valence-electron chi connectivity index (χ2n) is 1.99. The highest BCUT2D eigenvalue weighted by Gasteiger charge is 2.18. The molecule has 4 heteroatoms. The molecule has 1 atom stereocenters. The molecule has 0 fully saturated rings. The molecule has 3 nitrogen and oxygen atoms in total. The van der Waals surface area contributed by atoms with E-state index in [1.54, 1.807) is 6.08 Å². The van der Waals surface area contributed by atoms with Gasteiger partial charge in [-0.05, 0) is 12.2 Å². The molecule has 0 saturated carbocycles. The van der Waals surface area contributed by atoms with Crippen LogP contribution in [0, 0.1) is 0 Å². The average molecular weight is 137 g/mol. The molecule has 10 heavy (non-hydrogen) atoms. The molecule has 2 aliphatic heterocycles. The molecule has 0 aromatic carbocycles. The number of amidine groups is 1. The maximum Gasteiger partial charge on any atom is 0.214 e. The van der Waals surface area contributed by atoms with Crippen molar-refractivity contribution in [1.82, 2.24) is 0 Å². The van der Waals surface area contributed by atoms with Crippen LogP contribution in [0.25, 0.3) is 0 Å². The SMILES string of the molecule is FC1=NC2=NC=N[C@H]2C=C1. The highest BCUT2D eigenvalue weighted by Crippen LogP contribution is 2.09. The summed E-state index contributed by atoms with van der Waals surface area (Å²) in [6.45, 7) is 0. The Hall–Kier alpha value is -1.32. The minimum absolute atomic E-state index is 0.139. The summed E-state index contributed by atoms with van der Waals surface area (Å²) < 4.78 is 12.3. The van der Waals surface area contributed by atoms with E-state index in [9.17, 15) is 4.39 Å². The summed E-state index contributed by atoms with van der Waals surface area (Å²) in [5, 5.41) is 0. The molecule has 0 amide bonds. The van der Waals surface area contributed by atoms with Crippen LogP contribution in [0.15, 0.2) is 27.1 Å². The highest BCUT2D eigenvalue weighted by molar-refractivity contribution is 6.09. The Labute approximate surface area is 56.7 Å². The van der Waals surface area contributed by atoms with Crippen molar-refractivity contribution in [3.63, 3.8) is 0 Å². The summed E-state index contributed by atoms with van der Waals surface area (Å²) in [7, 11) is 0. The van der Waals surface area contributed by atoms with Crippen LogP contribution in [0.1, 0.15) is 0 Å². The van der Waals surface area contributed by atoms with Gasteiger partial charge in [-0.3, -0.25) is 4.99 Å². The second-order valence-corrected chi connectivity index (χ2v) is 1.99. The lowest BCUT2D eigenvalue weighted by Gasteiger charge is -2.03. The lowest BCUT2D eigenvalue weighted by molar-refractivity contribution is 0.809. The highest BCUT2D eigenvalue weighted by atomic mass is 19.1. The van der Waals surface area contributed by atoms with E-state index in [4.69, 9.17) is 0 Å². The van der Waals surface area contributed by atoms with Gasteiger partial charge >= 0.3 is 0 Å². The van der Waals surface area contributed by atoms with Crippen molar-refractivity contribution in [3.05, 3.63) is 12.2 Å². The quantitative estimate of drug-likeness (QED) is 0.472. The Bertz CT molecular complexity index is 275. The minimum Gasteiger partial charge on any atom is -0.258 e. The molecule has 0 unspecified atom stereocenters. The van der Waals surface area contributed by atoms with E-state index >= 15 is 0 Å². The van der Waals surface area contributed by atoms with Crippen molar-refractivity contribution in [2.24, 2.45) is 15.0 Å². The van der Waals surface area contributed by atoms with E-state index in [2.05, 4.69) is 15.0 Å². The smallest absolute Gasteiger partial charge is 0.214 e. The van der Waals surface area contributed by atoms with Gasteiger partial charge in [0.1, 0.15) is 12.4 Å². The number of hydrogen-bond acceptors (Lipinski definition) is 3. The van der Waals surface area contributed by atoms with Crippen molar-refractivity contribution < 1.29 is 4.39 Å². The van der Waals surface area contributed by atoms with Gasteiger partial charge in [-0.2, -0.15) is 4.39 Å². The first kappa shape index (κ1) is 5.46. The Morgan fingerprint density at radius 3 is 3.30 bits per heavy atom. The topological polar surface area (TPSA) is 37.1 Å². The molecule has 0 saturated heterocycles. The predicted octanol–water partition coefficient (Wildman–Crippen LogP) is 0.733. The molecule has 0 radical (unpaired) electrons. The molecule has 0 aliphatic carbocycles. The molecule has 0 aromatic heterocycles. The summed E-state index contributed by atoms with van der Waals surface area (Å²) in [4.78, 5) is 11.2. The number of nitrogens with zero attached hydrogens (tertiary/aromatic N) is 3. The van der Waals surface area contributed by atoms with Gasteiger partial charge < -0.3 is 0 Å². The van der Waals surface area contributed by atoms with Crippen LogP contribution >= 0.6 is 0 Å². The van der Waals surface area contributed by atoms with Crippen LogP contribution in [0.4, 0.5) is 4.39 Å². The maximum absolute atomic E-state index is 12.3. The van der Waals surface area contributed by atoms with Crippen molar-refractivity contribution >= 4 is 18.1 Å². The van der Waals surface area contributed by atoms with Gasteiger partial charge in [-0.1, -0.05) is 0 Å². The molecule has 0 spiro atoms. The molecule has 0 aromatic rings. The average Bonchev–Trinajstić information content (AvgIpc) is 2.33. The van der Waals surface area contributed by atoms with E-state index < -0.39 is 5.97 Å². The van der Waals surface area contributed by atoms with Gasteiger partial charge in [-0.15, -0.1) is 0 Å². The van der Waals surface area contributed by atoms with Gasteiger partial charge in [0.25, 0.3) is 0 Å². The van der Waals surface area contributed by atoms with E-state index in [0.29, 0.717) is 5.84 Å². The molecule has 0 bridgehead atoms. The van der Waals surface area contributed by atoms with E-state index in [0.717, 1.165) is 0 Å². The maximum atomic E-state index is 12.3. The molecule has 50 valence electrons. The Morgan fingerprint density at radius 2 is 2.40 bits per heavy atom. The fraction of sp³-hybridized carbons (Fsp3) is 0.167. The van der Waals surface area contributed by atoms with Crippen molar-refractivity contribution in [1.29, 1.82) is 0 Å².